The van der Waals surface area contributed by atoms with Crippen molar-refractivity contribution < 1.29 is 0 Å². The molecule has 0 fully saturated rings. The van der Waals surface area contributed by atoms with Gasteiger partial charge < -0.3 is 0 Å². The van der Waals surface area contributed by atoms with Gasteiger partial charge in [0.1, 0.15) is 12.2 Å². The molecular formula is C9H13N3. The molecule has 0 aromatic carbocycles. The van der Waals surface area contributed by atoms with Crippen molar-refractivity contribution in [3.05, 3.63) is 17.7 Å². The Morgan fingerprint density at radius 3 is 3.00 bits per heavy atom. The second-order valence-electron chi connectivity index (χ2n) is 3.48. The molecule has 0 aliphatic carbocycles. The van der Waals surface area contributed by atoms with Crippen molar-refractivity contribution in [2.24, 2.45) is 5.92 Å². The topological polar surface area (TPSA) is 30.7 Å². The fourth-order valence-corrected chi connectivity index (χ4v) is 1.48. The zero-order valence-electron chi connectivity index (χ0n) is 7.49. The van der Waals surface area contributed by atoms with Gasteiger partial charge in [-0.3, -0.25) is 0 Å². The van der Waals surface area contributed by atoms with Crippen LogP contribution in [0.1, 0.15) is 26.1 Å². The monoisotopic (exact) mass is 163 g/mol. The van der Waals surface area contributed by atoms with Crippen LogP contribution in [0.4, 0.5) is 0 Å². The fourth-order valence-electron chi connectivity index (χ4n) is 1.48. The minimum atomic E-state index is 0.627. The van der Waals surface area contributed by atoms with Crippen molar-refractivity contribution in [1.82, 2.24) is 14.8 Å². The Kier molecular flexibility index (Phi) is 1.71. The highest BCUT2D eigenvalue weighted by Gasteiger charge is 2.13. The zero-order chi connectivity index (χ0) is 8.55. The molecule has 0 bridgehead atoms. The summed E-state index contributed by atoms with van der Waals surface area (Å²) in [5.41, 5.74) is 1.47. The quantitative estimate of drug-likeness (QED) is 0.631. The van der Waals surface area contributed by atoms with Gasteiger partial charge in [-0.05, 0) is 17.9 Å². The van der Waals surface area contributed by atoms with Crippen LogP contribution >= 0.6 is 0 Å². The SMILES string of the molecule is CC(C)C1=Cn2ncnc2CC1. The van der Waals surface area contributed by atoms with E-state index >= 15 is 0 Å². The molecule has 0 unspecified atom stereocenters. The largest absolute Gasteiger partial charge is 0.225 e. The second kappa shape index (κ2) is 2.73. The summed E-state index contributed by atoms with van der Waals surface area (Å²) >= 11 is 0. The molecule has 3 nitrogen and oxygen atoms in total. The van der Waals surface area contributed by atoms with E-state index in [1.165, 1.54) is 5.57 Å². The Morgan fingerprint density at radius 1 is 1.42 bits per heavy atom. The highest BCUT2D eigenvalue weighted by molar-refractivity contribution is 5.34. The summed E-state index contributed by atoms with van der Waals surface area (Å²) in [7, 11) is 0. The van der Waals surface area contributed by atoms with E-state index in [0.717, 1.165) is 18.7 Å². The third-order valence-electron chi connectivity index (χ3n) is 2.31. The van der Waals surface area contributed by atoms with E-state index in [1.54, 1.807) is 6.33 Å². The minimum absolute atomic E-state index is 0.627. The highest BCUT2D eigenvalue weighted by Crippen LogP contribution is 2.21. The van der Waals surface area contributed by atoms with Gasteiger partial charge in [-0.25, -0.2) is 9.67 Å². The average Bonchev–Trinajstić information content (AvgIpc) is 2.49. The van der Waals surface area contributed by atoms with Gasteiger partial charge in [0.25, 0.3) is 0 Å². The molecule has 3 heteroatoms. The molecule has 0 radical (unpaired) electrons. The van der Waals surface area contributed by atoms with Gasteiger partial charge in [-0.15, -0.1) is 0 Å². The molecule has 64 valence electrons. The lowest BCUT2D eigenvalue weighted by molar-refractivity contribution is 0.661. The Bertz CT molecular complexity index is 309. The number of aromatic nitrogens is 3. The van der Waals surface area contributed by atoms with E-state index in [-0.39, 0.29) is 0 Å². The van der Waals surface area contributed by atoms with Crippen molar-refractivity contribution >= 4 is 6.20 Å². The second-order valence-corrected chi connectivity index (χ2v) is 3.48. The Labute approximate surface area is 72.1 Å². The average molecular weight is 163 g/mol. The predicted molar refractivity (Wildman–Crippen MR) is 47.5 cm³/mol. The minimum Gasteiger partial charge on any atom is -0.225 e. The van der Waals surface area contributed by atoms with Gasteiger partial charge in [0.15, 0.2) is 0 Å². The third-order valence-corrected chi connectivity index (χ3v) is 2.31. The van der Waals surface area contributed by atoms with Crippen LogP contribution in [-0.4, -0.2) is 14.8 Å². The number of hydrogen-bond acceptors (Lipinski definition) is 2. The van der Waals surface area contributed by atoms with Crippen molar-refractivity contribution in [1.29, 1.82) is 0 Å². The molecule has 2 rings (SSSR count). The van der Waals surface area contributed by atoms with E-state index in [4.69, 9.17) is 0 Å². The molecule has 1 aromatic rings. The summed E-state index contributed by atoms with van der Waals surface area (Å²) in [6.07, 6.45) is 5.89. The standard InChI is InChI=1S/C9H13N3/c1-7(2)8-3-4-9-10-6-11-12(9)5-8/h5-7H,3-4H2,1-2H3. The maximum Gasteiger partial charge on any atom is 0.138 e. The molecule has 0 N–H and O–H groups in total. The molecule has 2 heterocycles. The van der Waals surface area contributed by atoms with Crippen molar-refractivity contribution in [2.45, 2.75) is 26.7 Å². The molecule has 0 saturated carbocycles. The predicted octanol–water partition coefficient (Wildman–Crippen LogP) is 1.72. The van der Waals surface area contributed by atoms with E-state index < -0.39 is 0 Å². The Hall–Kier alpha value is -1.12. The summed E-state index contributed by atoms with van der Waals surface area (Å²) in [5.74, 6) is 1.71. The van der Waals surface area contributed by atoms with Gasteiger partial charge in [0.2, 0.25) is 0 Å². The van der Waals surface area contributed by atoms with Gasteiger partial charge in [0, 0.05) is 12.6 Å². The Balaban J connectivity index is 2.35. The summed E-state index contributed by atoms with van der Waals surface area (Å²) in [4.78, 5) is 4.16. The first-order chi connectivity index (χ1) is 5.77. The number of aryl methyl sites for hydroxylation is 1. The fraction of sp³-hybridized carbons (Fsp3) is 0.556. The number of allylic oxidation sites excluding steroid dienone is 1. The number of hydrogen-bond donors (Lipinski definition) is 0. The smallest absolute Gasteiger partial charge is 0.138 e. The lowest BCUT2D eigenvalue weighted by atomic mass is 9.98. The van der Waals surface area contributed by atoms with Crippen LogP contribution in [0.15, 0.2) is 11.9 Å². The van der Waals surface area contributed by atoms with Gasteiger partial charge in [-0.2, -0.15) is 5.10 Å². The first-order valence-corrected chi connectivity index (χ1v) is 4.36. The van der Waals surface area contributed by atoms with Crippen molar-refractivity contribution in [3.8, 4) is 0 Å². The van der Waals surface area contributed by atoms with Gasteiger partial charge >= 0.3 is 0 Å². The van der Waals surface area contributed by atoms with Crippen LogP contribution in [0, 0.1) is 5.92 Å². The molecule has 1 aromatic heterocycles. The Morgan fingerprint density at radius 2 is 2.25 bits per heavy atom. The zero-order valence-corrected chi connectivity index (χ0v) is 7.49. The molecule has 0 spiro atoms. The number of nitrogens with zero attached hydrogens (tertiary/aromatic N) is 3. The van der Waals surface area contributed by atoms with Gasteiger partial charge in [0.05, 0.1) is 0 Å². The molecular weight excluding hydrogens is 150 g/mol. The van der Waals surface area contributed by atoms with E-state index in [1.807, 2.05) is 4.68 Å². The molecule has 0 amide bonds. The van der Waals surface area contributed by atoms with Crippen LogP contribution in [0.2, 0.25) is 0 Å². The lowest BCUT2D eigenvalue weighted by Gasteiger charge is -2.15. The number of fused-ring (bicyclic) bond motifs is 1. The van der Waals surface area contributed by atoms with Crippen LogP contribution in [-0.2, 0) is 6.42 Å². The summed E-state index contributed by atoms with van der Waals surface area (Å²) < 4.78 is 1.89. The summed E-state index contributed by atoms with van der Waals surface area (Å²) in [6.45, 7) is 4.43. The van der Waals surface area contributed by atoms with Crippen LogP contribution in [0.25, 0.3) is 6.20 Å². The summed E-state index contributed by atoms with van der Waals surface area (Å²) in [5, 5.41) is 4.12. The first-order valence-electron chi connectivity index (χ1n) is 4.36. The maximum absolute atomic E-state index is 4.16. The van der Waals surface area contributed by atoms with Crippen LogP contribution < -0.4 is 0 Å². The normalized spacial score (nSPS) is 16.1. The molecule has 0 saturated heterocycles. The van der Waals surface area contributed by atoms with E-state index in [9.17, 15) is 0 Å². The van der Waals surface area contributed by atoms with E-state index in [0.29, 0.717) is 5.92 Å². The highest BCUT2D eigenvalue weighted by atomic mass is 15.3. The van der Waals surface area contributed by atoms with Crippen molar-refractivity contribution in [2.75, 3.05) is 0 Å². The van der Waals surface area contributed by atoms with Crippen LogP contribution in [0.3, 0.4) is 0 Å². The van der Waals surface area contributed by atoms with E-state index in [2.05, 4.69) is 30.1 Å². The van der Waals surface area contributed by atoms with Crippen LogP contribution in [0.5, 0.6) is 0 Å². The molecule has 1 aliphatic rings. The number of rotatable bonds is 1. The molecule has 1 aliphatic heterocycles. The molecule has 12 heavy (non-hydrogen) atoms. The third kappa shape index (κ3) is 1.15. The molecule has 0 atom stereocenters. The van der Waals surface area contributed by atoms with Gasteiger partial charge in [-0.1, -0.05) is 13.8 Å². The lowest BCUT2D eigenvalue weighted by Crippen LogP contribution is -2.09. The maximum atomic E-state index is 4.16. The van der Waals surface area contributed by atoms with Crippen molar-refractivity contribution in [3.63, 3.8) is 0 Å². The first kappa shape index (κ1) is 7.53. The summed E-state index contributed by atoms with van der Waals surface area (Å²) in [6, 6.07) is 0.